The summed E-state index contributed by atoms with van der Waals surface area (Å²) in [7, 11) is 0. The van der Waals surface area contributed by atoms with Crippen LogP contribution in [0.5, 0.6) is 0 Å². The minimum atomic E-state index is -0.302. The van der Waals surface area contributed by atoms with Crippen molar-refractivity contribution in [2.45, 2.75) is 32.0 Å². The summed E-state index contributed by atoms with van der Waals surface area (Å²) in [6.07, 6.45) is 3.43. The zero-order valence-corrected chi connectivity index (χ0v) is 19.4. The fourth-order valence-electron chi connectivity index (χ4n) is 3.40. The van der Waals surface area contributed by atoms with Crippen LogP contribution in [0, 0.1) is 19.7 Å². The normalized spacial score (nSPS) is 11.9. The van der Waals surface area contributed by atoms with Crippen LogP contribution >= 0.6 is 11.8 Å². The molecule has 2 aromatic heterocycles. The van der Waals surface area contributed by atoms with Crippen LogP contribution in [0.15, 0.2) is 72.1 Å². The number of benzene rings is 2. The number of nitrogens with one attached hydrogen (secondary N) is 1. The first-order valence-electron chi connectivity index (χ1n) is 10.5. The number of hydrogen-bond acceptors (Lipinski definition) is 5. The van der Waals surface area contributed by atoms with Crippen LogP contribution in [0.4, 0.5) is 4.39 Å². The van der Waals surface area contributed by atoms with E-state index >= 15 is 0 Å². The van der Waals surface area contributed by atoms with Crippen LogP contribution in [0.1, 0.15) is 29.7 Å². The summed E-state index contributed by atoms with van der Waals surface area (Å²) in [5.41, 5.74) is 5.01. The first-order valence-corrected chi connectivity index (χ1v) is 11.5. The van der Waals surface area contributed by atoms with E-state index in [1.807, 2.05) is 29.7 Å². The predicted molar refractivity (Wildman–Crippen MR) is 128 cm³/mol. The number of carbonyl (C=O) groups is 1. The van der Waals surface area contributed by atoms with Crippen LogP contribution in [0.3, 0.4) is 0 Å². The highest BCUT2D eigenvalue weighted by molar-refractivity contribution is 7.99. The van der Waals surface area contributed by atoms with Crippen LogP contribution in [0.2, 0.25) is 0 Å². The predicted octanol–water partition coefficient (Wildman–Crippen LogP) is 5.05. The standard InChI is InChI=1S/C25H24FN5OS/c1-16-4-9-22(14-17(16)2)31-24(20-10-12-27-13-11-20)29-30-25(31)33-15-23(32)28-18(3)19-5-7-21(26)8-6-19/h4-14,18H,15H2,1-3H3,(H,28,32). The van der Waals surface area contributed by atoms with Crippen molar-refractivity contribution >= 4 is 17.7 Å². The Hall–Kier alpha value is -3.52. The second-order valence-corrected chi connectivity index (χ2v) is 8.72. The Morgan fingerprint density at radius 1 is 1.03 bits per heavy atom. The molecule has 4 aromatic rings. The Labute approximate surface area is 196 Å². The van der Waals surface area contributed by atoms with Crippen LogP contribution in [-0.4, -0.2) is 31.4 Å². The number of halogens is 1. The minimum Gasteiger partial charge on any atom is -0.349 e. The van der Waals surface area contributed by atoms with Gasteiger partial charge in [0.1, 0.15) is 5.82 Å². The van der Waals surface area contributed by atoms with Crippen molar-refractivity contribution in [2.24, 2.45) is 0 Å². The molecule has 6 nitrogen and oxygen atoms in total. The first kappa shape index (κ1) is 22.7. The number of aromatic nitrogens is 4. The molecule has 1 atom stereocenters. The summed E-state index contributed by atoms with van der Waals surface area (Å²) in [4.78, 5) is 16.7. The summed E-state index contributed by atoms with van der Waals surface area (Å²) in [5.74, 6) is 0.411. The molecule has 168 valence electrons. The van der Waals surface area contributed by atoms with Gasteiger partial charge in [0.25, 0.3) is 0 Å². The van der Waals surface area contributed by atoms with Gasteiger partial charge in [-0.15, -0.1) is 10.2 Å². The van der Waals surface area contributed by atoms with E-state index in [0.29, 0.717) is 11.0 Å². The lowest BCUT2D eigenvalue weighted by Gasteiger charge is -2.15. The maximum atomic E-state index is 13.2. The fourth-order valence-corrected chi connectivity index (χ4v) is 4.16. The maximum Gasteiger partial charge on any atom is 0.230 e. The van der Waals surface area contributed by atoms with Gasteiger partial charge in [0.15, 0.2) is 11.0 Å². The lowest BCUT2D eigenvalue weighted by molar-refractivity contribution is -0.119. The van der Waals surface area contributed by atoms with Gasteiger partial charge in [-0.1, -0.05) is 30.0 Å². The SMILES string of the molecule is Cc1ccc(-n2c(SCC(=O)NC(C)c3ccc(F)cc3)nnc2-c2ccncc2)cc1C. The Bertz CT molecular complexity index is 1260. The lowest BCUT2D eigenvalue weighted by Crippen LogP contribution is -2.28. The average Bonchev–Trinajstić information content (AvgIpc) is 3.24. The fraction of sp³-hybridized carbons (Fsp3) is 0.200. The summed E-state index contributed by atoms with van der Waals surface area (Å²) in [5, 5.41) is 12.4. The number of nitrogens with zero attached hydrogens (tertiary/aromatic N) is 4. The van der Waals surface area contributed by atoms with E-state index in [-0.39, 0.29) is 23.5 Å². The van der Waals surface area contributed by atoms with Crippen molar-refractivity contribution in [3.8, 4) is 17.1 Å². The van der Waals surface area contributed by atoms with Crippen LogP contribution in [-0.2, 0) is 4.79 Å². The molecule has 0 bridgehead atoms. The summed E-state index contributed by atoms with van der Waals surface area (Å²) in [6.45, 7) is 6.00. The number of aryl methyl sites for hydroxylation is 2. The number of thioether (sulfide) groups is 1. The van der Waals surface area contributed by atoms with Crippen molar-refractivity contribution in [1.82, 2.24) is 25.1 Å². The Balaban J connectivity index is 1.56. The van der Waals surface area contributed by atoms with E-state index in [1.165, 1.54) is 29.5 Å². The molecule has 1 unspecified atom stereocenters. The first-order chi connectivity index (χ1) is 15.9. The number of pyridine rings is 1. The molecule has 0 saturated heterocycles. The van der Waals surface area contributed by atoms with Gasteiger partial charge in [0, 0.05) is 18.0 Å². The molecule has 4 rings (SSSR count). The highest BCUT2D eigenvalue weighted by Gasteiger charge is 2.18. The zero-order valence-electron chi connectivity index (χ0n) is 18.6. The number of hydrogen-bond donors (Lipinski definition) is 1. The summed E-state index contributed by atoms with van der Waals surface area (Å²) < 4.78 is 15.1. The Morgan fingerprint density at radius 2 is 1.76 bits per heavy atom. The smallest absolute Gasteiger partial charge is 0.230 e. The third kappa shape index (κ3) is 5.28. The summed E-state index contributed by atoms with van der Waals surface area (Å²) in [6, 6.07) is 15.8. The molecule has 0 aliphatic carbocycles. The average molecular weight is 462 g/mol. The van der Waals surface area contributed by atoms with E-state index < -0.39 is 0 Å². The van der Waals surface area contributed by atoms with Gasteiger partial charge in [-0.05, 0) is 73.9 Å². The third-order valence-corrected chi connectivity index (χ3v) is 6.33. The van der Waals surface area contributed by atoms with E-state index in [2.05, 4.69) is 46.5 Å². The molecule has 33 heavy (non-hydrogen) atoms. The summed E-state index contributed by atoms with van der Waals surface area (Å²) >= 11 is 1.32. The van der Waals surface area contributed by atoms with Crippen LogP contribution < -0.4 is 5.32 Å². The minimum absolute atomic E-state index is 0.142. The van der Waals surface area contributed by atoms with E-state index in [4.69, 9.17) is 0 Å². The molecule has 1 amide bonds. The molecule has 0 saturated carbocycles. The van der Waals surface area contributed by atoms with Crippen molar-refractivity contribution in [3.05, 3.63) is 89.5 Å². The van der Waals surface area contributed by atoms with Crippen molar-refractivity contribution in [1.29, 1.82) is 0 Å². The largest absolute Gasteiger partial charge is 0.349 e. The molecule has 0 aliphatic heterocycles. The highest BCUT2D eigenvalue weighted by Crippen LogP contribution is 2.28. The second-order valence-electron chi connectivity index (χ2n) is 7.78. The van der Waals surface area contributed by atoms with Gasteiger partial charge in [0.05, 0.1) is 17.5 Å². The van der Waals surface area contributed by atoms with Crippen LogP contribution in [0.25, 0.3) is 17.1 Å². The van der Waals surface area contributed by atoms with E-state index in [9.17, 15) is 9.18 Å². The molecule has 0 spiro atoms. The van der Waals surface area contributed by atoms with Gasteiger partial charge < -0.3 is 5.32 Å². The van der Waals surface area contributed by atoms with Gasteiger partial charge in [-0.3, -0.25) is 14.3 Å². The zero-order chi connectivity index (χ0) is 23.4. The number of amides is 1. The second kappa shape index (κ2) is 9.95. The van der Waals surface area contributed by atoms with E-state index in [1.54, 1.807) is 24.5 Å². The molecule has 1 N–H and O–H groups in total. The third-order valence-electron chi connectivity index (χ3n) is 5.40. The topological polar surface area (TPSA) is 72.7 Å². The molecular formula is C25H24FN5OS. The van der Waals surface area contributed by atoms with Gasteiger partial charge >= 0.3 is 0 Å². The van der Waals surface area contributed by atoms with Crippen molar-refractivity contribution in [2.75, 3.05) is 5.75 Å². The quantitative estimate of drug-likeness (QED) is 0.390. The molecule has 0 fully saturated rings. The van der Waals surface area contributed by atoms with Gasteiger partial charge in [-0.2, -0.15) is 0 Å². The van der Waals surface area contributed by atoms with Gasteiger partial charge in [0.2, 0.25) is 5.91 Å². The maximum absolute atomic E-state index is 13.2. The van der Waals surface area contributed by atoms with E-state index in [0.717, 1.165) is 22.4 Å². The van der Waals surface area contributed by atoms with Crippen molar-refractivity contribution in [3.63, 3.8) is 0 Å². The number of carbonyl (C=O) groups excluding carboxylic acids is 1. The Morgan fingerprint density at radius 3 is 2.45 bits per heavy atom. The molecule has 0 aliphatic rings. The molecule has 0 radical (unpaired) electrons. The molecule has 2 aromatic carbocycles. The van der Waals surface area contributed by atoms with Gasteiger partial charge in [-0.25, -0.2) is 4.39 Å². The molecule has 8 heteroatoms. The van der Waals surface area contributed by atoms with Crippen molar-refractivity contribution < 1.29 is 9.18 Å². The number of rotatable bonds is 7. The Kier molecular flexibility index (Phi) is 6.84. The highest BCUT2D eigenvalue weighted by atomic mass is 32.2. The monoisotopic (exact) mass is 461 g/mol. The lowest BCUT2D eigenvalue weighted by atomic mass is 10.1. The molecular weight excluding hydrogens is 437 g/mol. The molecule has 2 heterocycles.